The largest absolute Gasteiger partial charge is 0.416 e. The van der Waals surface area contributed by atoms with Gasteiger partial charge in [-0.2, -0.15) is 13.2 Å². The van der Waals surface area contributed by atoms with Crippen molar-refractivity contribution in [1.82, 2.24) is 10.2 Å². The van der Waals surface area contributed by atoms with Crippen molar-refractivity contribution in [3.05, 3.63) is 64.7 Å². The van der Waals surface area contributed by atoms with Gasteiger partial charge in [-0.3, -0.25) is 13.9 Å². The van der Waals surface area contributed by atoms with Gasteiger partial charge in [-0.1, -0.05) is 41.9 Å². The summed E-state index contributed by atoms with van der Waals surface area (Å²) < 4.78 is 65.4. The minimum atomic E-state index is -4.75. The first-order valence-corrected chi connectivity index (χ1v) is 12.8. The van der Waals surface area contributed by atoms with Gasteiger partial charge in [0, 0.05) is 12.6 Å². The van der Waals surface area contributed by atoms with E-state index in [4.69, 9.17) is 11.6 Å². The summed E-state index contributed by atoms with van der Waals surface area (Å²) in [5.41, 5.74) is -0.937. The van der Waals surface area contributed by atoms with Gasteiger partial charge in [0.2, 0.25) is 21.8 Å². The molecule has 0 aliphatic rings. The third-order valence-electron chi connectivity index (χ3n) is 5.02. The van der Waals surface area contributed by atoms with E-state index in [1.165, 1.54) is 11.8 Å². The maximum Gasteiger partial charge on any atom is 0.416 e. The first-order valence-electron chi connectivity index (χ1n) is 10.6. The molecule has 2 aromatic carbocycles. The Morgan fingerprint density at radius 2 is 1.66 bits per heavy atom. The fraction of sp³-hybridized carbons (Fsp3) is 0.391. The van der Waals surface area contributed by atoms with Gasteiger partial charge in [0.05, 0.1) is 22.5 Å². The number of nitrogens with one attached hydrogen (secondary N) is 1. The molecule has 0 radical (unpaired) electrons. The molecule has 0 aliphatic heterocycles. The van der Waals surface area contributed by atoms with E-state index in [9.17, 15) is 31.2 Å². The normalized spacial score (nSPS) is 12.8. The van der Waals surface area contributed by atoms with Crippen molar-refractivity contribution in [3.8, 4) is 0 Å². The van der Waals surface area contributed by atoms with Crippen LogP contribution in [0.3, 0.4) is 0 Å². The van der Waals surface area contributed by atoms with Crippen molar-refractivity contribution in [1.29, 1.82) is 0 Å². The molecule has 0 saturated heterocycles. The van der Waals surface area contributed by atoms with E-state index in [2.05, 4.69) is 5.32 Å². The van der Waals surface area contributed by atoms with Crippen LogP contribution in [0.4, 0.5) is 18.9 Å². The highest BCUT2D eigenvalue weighted by Gasteiger charge is 2.34. The zero-order valence-corrected chi connectivity index (χ0v) is 21.2. The van der Waals surface area contributed by atoms with E-state index < -0.39 is 51.9 Å². The van der Waals surface area contributed by atoms with Crippen LogP contribution in [0.1, 0.15) is 31.9 Å². The lowest BCUT2D eigenvalue weighted by Crippen LogP contribution is -2.52. The maximum atomic E-state index is 13.4. The highest BCUT2D eigenvalue weighted by Crippen LogP contribution is 2.36. The number of hydrogen-bond acceptors (Lipinski definition) is 4. The van der Waals surface area contributed by atoms with Crippen molar-refractivity contribution in [2.24, 2.45) is 0 Å². The molecule has 1 unspecified atom stereocenters. The van der Waals surface area contributed by atoms with Crippen molar-refractivity contribution < 1.29 is 31.2 Å². The lowest BCUT2D eigenvalue weighted by atomic mass is 10.1. The third-order valence-corrected chi connectivity index (χ3v) is 6.46. The van der Waals surface area contributed by atoms with Crippen molar-refractivity contribution in [2.45, 2.75) is 45.6 Å². The SMILES string of the molecule is CC(C)NC(=O)C(C)N(Cc1ccccc1)C(=O)CN(c1cc(C(F)(F)F)ccc1Cl)S(C)(=O)=O. The van der Waals surface area contributed by atoms with E-state index >= 15 is 0 Å². The van der Waals surface area contributed by atoms with Crippen LogP contribution in [0.2, 0.25) is 5.02 Å². The second-order valence-corrected chi connectivity index (χ2v) is 10.6. The smallest absolute Gasteiger partial charge is 0.352 e. The first-order chi connectivity index (χ1) is 16.1. The Bertz CT molecular complexity index is 1160. The van der Waals surface area contributed by atoms with E-state index in [1.54, 1.807) is 44.2 Å². The molecule has 2 rings (SSSR count). The van der Waals surface area contributed by atoms with Gasteiger partial charge in [-0.25, -0.2) is 8.42 Å². The molecule has 0 spiro atoms. The molecule has 0 heterocycles. The van der Waals surface area contributed by atoms with Gasteiger partial charge in [-0.05, 0) is 44.5 Å². The summed E-state index contributed by atoms with van der Waals surface area (Å²) >= 11 is 6.05. The molecule has 0 fully saturated rings. The topological polar surface area (TPSA) is 86.8 Å². The Labute approximate surface area is 207 Å². The Hall–Kier alpha value is -2.79. The molecule has 7 nitrogen and oxygen atoms in total. The predicted molar refractivity (Wildman–Crippen MR) is 128 cm³/mol. The fourth-order valence-electron chi connectivity index (χ4n) is 3.24. The molecule has 35 heavy (non-hydrogen) atoms. The molecular weight excluding hydrogens is 507 g/mol. The zero-order valence-electron chi connectivity index (χ0n) is 19.6. The number of amides is 2. The predicted octanol–water partition coefficient (Wildman–Crippen LogP) is 4.07. The highest BCUT2D eigenvalue weighted by atomic mass is 35.5. The van der Waals surface area contributed by atoms with Crippen LogP contribution in [0, 0.1) is 0 Å². The lowest BCUT2D eigenvalue weighted by Gasteiger charge is -2.32. The van der Waals surface area contributed by atoms with Crippen LogP contribution < -0.4 is 9.62 Å². The highest BCUT2D eigenvalue weighted by molar-refractivity contribution is 7.92. The number of nitrogens with zero attached hydrogens (tertiary/aromatic N) is 2. The van der Waals surface area contributed by atoms with Crippen molar-refractivity contribution in [3.63, 3.8) is 0 Å². The Balaban J connectivity index is 2.48. The molecule has 0 aliphatic carbocycles. The number of anilines is 1. The summed E-state index contributed by atoms with van der Waals surface area (Å²) in [6.07, 6.45) is -4.00. The Kier molecular flexibility index (Phi) is 9.18. The number of carbonyl (C=O) groups excluding carboxylic acids is 2. The van der Waals surface area contributed by atoms with Gasteiger partial charge in [0.15, 0.2) is 0 Å². The maximum absolute atomic E-state index is 13.4. The number of rotatable bonds is 9. The summed E-state index contributed by atoms with van der Waals surface area (Å²) in [4.78, 5) is 27.2. The molecule has 0 bridgehead atoms. The average molecular weight is 534 g/mol. The van der Waals surface area contributed by atoms with E-state index in [0.29, 0.717) is 22.0 Å². The molecule has 2 aromatic rings. The van der Waals surface area contributed by atoms with Gasteiger partial charge >= 0.3 is 6.18 Å². The Morgan fingerprint density at radius 1 is 1.06 bits per heavy atom. The van der Waals surface area contributed by atoms with E-state index in [0.717, 1.165) is 12.3 Å². The summed E-state index contributed by atoms with van der Waals surface area (Å²) in [5, 5.41) is 2.42. The van der Waals surface area contributed by atoms with Crippen LogP contribution in [-0.2, 0) is 32.3 Å². The molecule has 12 heteroatoms. The van der Waals surface area contributed by atoms with Crippen LogP contribution in [0.15, 0.2) is 48.5 Å². The quantitative estimate of drug-likeness (QED) is 0.526. The second-order valence-electron chi connectivity index (χ2n) is 8.28. The van der Waals surface area contributed by atoms with Crippen molar-refractivity contribution >= 4 is 39.1 Å². The summed E-state index contributed by atoms with van der Waals surface area (Å²) in [6, 6.07) is 9.70. The van der Waals surface area contributed by atoms with Crippen LogP contribution in [0.25, 0.3) is 0 Å². The minimum absolute atomic E-state index is 0.0275. The number of carbonyl (C=O) groups is 2. The summed E-state index contributed by atoms with van der Waals surface area (Å²) in [6.45, 7) is 4.09. The average Bonchev–Trinajstić information content (AvgIpc) is 2.74. The molecule has 1 atom stereocenters. The zero-order chi connectivity index (χ0) is 26.6. The van der Waals surface area contributed by atoms with E-state index in [-0.39, 0.29) is 17.6 Å². The monoisotopic (exact) mass is 533 g/mol. The molecule has 2 amide bonds. The number of hydrogen-bond donors (Lipinski definition) is 1. The Morgan fingerprint density at radius 3 is 2.17 bits per heavy atom. The van der Waals surface area contributed by atoms with Crippen LogP contribution in [0.5, 0.6) is 0 Å². The molecule has 0 saturated carbocycles. The number of benzene rings is 2. The number of alkyl halides is 3. The van der Waals surface area contributed by atoms with Crippen molar-refractivity contribution in [2.75, 3.05) is 17.1 Å². The standard InChI is InChI=1S/C23H27ClF3N3O4S/c1-15(2)28-22(32)16(3)29(13-17-8-6-5-7-9-17)21(31)14-30(35(4,33)34)20-12-18(23(25,26)27)10-11-19(20)24/h5-12,15-16H,13-14H2,1-4H3,(H,28,32). The molecule has 192 valence electrons. The van der Waals surface area contributed by atoms with Crippen LogP contribution >= 0.6 is 11.6 Å². The van der Waals surface area contributed by atoms with E-state index in [1.807, 2.05) is 0 Å². The van der Waals surface area contributed by atoms with Gasteiger partial charge in [-0.15, -0.1) is 0 Å². The molecule has 1 N–H and O–H groups in total. The number of sulfonamides is 1. The lowest BCUT2D eigenvalue weighted by molar-refractivity contribution is -0.139. The number of halogens is 4. The van der Waals surface area contributed by atoms with Gasteiger partial charge in [0.25, 0.3) is 0 Å². The minimum Gasteiger partial charge on any atom is -0.352 e. The molecular formula is C23H27ClF3N3O4S. The summed E-state index contributed by atoms with van der Waals surface area (Å²) in [7, 11) is -4.24. The fourth-order valence-corrected chi connectivity index (χ4v) is 4.37. The second kappa shape index (κ2) is 11.3. The van der Waals surface area contributed by atoms with Gasteiger partial charge < -0.3 is 10.2 Å². The molecule has 0 aromatic heterocycles. The first kappa shape index (κ1) is 28.4. The summed E-state index contributed by atoms with van der Waals surface area (Å²) in [5.74, 6) is -1.26. The van der Waals surface area contributed by atoms with Crippen LogP contribution in [-0.4, -0.2) is 50.0 Å². The van der Waals surface area contributed by atoms with Gasteiger partial charge in [0.1, 0.15) is 12.6 Å². The third kappa shape index (κ3) is 7.86.